The molecule has 0 radical (unpaired) electrons. The Balaban J connectivity index is 1.76. The van der Waals surface area contributed by atoms with E-state index in [-0.39, 0.29) is 6.04 Å². The summed E-state index contributed by atoms with van der Waals surface area (Å²) < 4.78 is 27.5. The highest BCUT2D eigenvalue weighted by Gasteiger charge is 2.18. The summed E-state index contributed by atoms with van der Waals surface area (Å²) in [6.07, 6.45) is 3.36. The minimum Gasteiger partial charge on any atom is -0.313 e. The number of benzene rings is 2. The minimum absolute atomic E-state index is 0.244. The summed E-state index contributed by atoms with van der Waals surface area (Å²) in [7, 11) is -3.44. The highest BCUT2D eigenvalue weighted by molar-refractivity contribution is 7.89. The van der Waals surface area contributed by atoms with Gasteiger partial charge in [0, 0.05) is 12.6 Å². The first kappa shape index (κ1) is 14.5. The molecule has 5 heteroatoms. The number of hydrogen-bond donors (Lipinski definition) is 2. The molecule has 21 heavy (non-hydrogen) atoms. The summed E-state index contributed by atoms with van der Waals surface area (Å²) in [6, 6.07) is 13.3. The quantitative estimate of drug-likeness (QED) is 0.911. The Labute approximate surface area is 125 Å². The molecule has 2 N–H and O–H groups in total. The van der Waals surface area contributed by atoms with Crippen molar-refractivity contribution in [2.24, 2.45) is 0 Å². The smallest absolute Gasteiger partial charge is 0.240 e. The highest BCUT2D eigenvalue weighted by atomic mass is 32.2. The lowest BCUT2D eigenvalue weighted by Crippen LogP contribution is -2.43. The van der Waals surface area contributed by atoms with E-state index in [2.05, 4.69) is 10.0 Å². The van der Waals surface area contributed by atoms with Crippen LogP contribution in [0.2, 0.25) is 0 Å². The maximum atomic E-state index is 12.4. The van der Waals surface area contributed by atoms with E-state index in [0.29, 0.717) is 11.4 Å². The third kappa shape index (κ3) is 3.43. The standard InChI is InChI=1S/C16H20N2O2S/c19-21(20,18-12-15-7-3-4-10-17-15)16-9-8-13-5-1-2-6-14(13)11-16/h1-2,5-6,8-9,11,15,17-18H,3-4,7,10,12H2. The van der Waals surface area contributed by atoms with Gasteiger partial charge in [0.2, 0.25) is 10.0 Å². The Morgan fingerprint density at radius 3 is 2.67 bits per heavy atom. The van der Waals surface area contributed by atoms with Gasteiger partial charge in [-0.1, -0.05) is 36.8 Å². The summed E-state index contributed by atoms with van der Waals surface area (Å²) in [5.74, 6) is 0. The van der Waals surface area contributed by atoms with Crippen LogP contribution < -0.4 is 10.0 Å². The van der Waals surface area contributed by atoms with E-state index in [4.69, 9.17) is 0 Å². The van der Waals surface area contributed by atoms with Crippen LogP contribution in [0.25, 0.3) is 10.8 Å². The van der Waals surface area contributed by atoms with Gasteiger partial charge in [0.25, 0.3) is 0 Å². The van der Waals surface area contributed by atoms with Gasteiger partial charge in [-0.3, -0.25) is 0 Å². The topological polar surface area (TPSA) is 58.2 Å². The van der Waals surface area contributed by atoms with E-state index in [1.807, 2.05) is 30.3 Å². The number of sulfonamides is 1. The summed E-state index contributed by atoms with van der Waals surface area (Å²) in [5.41, 5.74) is 0. The molecular formula is C16H20N2O2S. The Bertz CT molecular complexity index is 722. The highest BCUT2D eigenvalue weighted by Crippen LogP contribution is 2.19. The first-order valence-electron chi connectivity index (χ1n) is 7.37. The van der Waals surface area contributed by atoms with Gasteiger partial charge < -0.3 is 5.32 Å². The van der Waals surface area contributed by atoms with Gasteiger partial charge in [0.15, 0.2) is 0 Å². The van der Waals surface area contributed by atoms with E-state index in [1.54, 1.807) is 12.1 Å². The predicted octanol–water partition coefficient (Wildman–Crippen LogP) is 2.26. The second-order valence-corrected chi connectivity index (χ2v) is 7.27. The van der Waals surface area contributed by atoms with Crippen LogP contribution in [0.15, 0.2) is 47.4 Å². The van der Waals surface area contributed by atoms with Gasteiger partial charge in [0.1, 0.15) is 0 Å². The molecule has 1 heterocycles. The third-order valence-corrected chi connectivity index (χ3v) is 5.38. The molecule has 0 amide bonds. The van der Waals surface area contributed by atoms with Gasteiger partial charge in [-0.25, -0.2) is 13.1 Å². The number of nitrogens with one attached hydrogen (secondary N) is 2. The Morgan fingerprint density at radius 2 is 1.90 bits per heavy atom. The van der Waals surface area contributed by atoms with Crippen molar-refractivity contribution in [2.45, 2.75) is 30.2 Å². The molecule has 0 bridgehead atoms. The molecule has 1 aliphatic rings. The Hall–Kier alpha value is -1.43. The molecule has 112 valence electrons. The molecule has 1 fully saturated rings. The summed E-state index contributed by atoms with van der Waals surface area (Å²) in [4.78, 5) is 0.331. The monoisotopic (exact) mass is 304 g/mol. The Morgan fingerprint density at radius 1 is 1.10 bits per heavy atom. The fourth-order valence-corrected chi connectivity index (χ4v) is 3.84. The van der Waals surface area contributed by atoms with Crippen LogP contribution in [0.3, 0.4) is 0 Å². The summed E-state index contributed by atoms with van der Waals surface area (Å²) in [6.45, 7) is 1.43. The maximum Gasteiger partial charge on any atom is 0.240 e. The molecule has 2 aromatic rings. The zero-order chi connectivity index (χ0) is 14.7. The SMILES string of the molecule is O=S(=O)(NCC1CCCCN1)c1ccc2ccccc2c1. The van der Waals surface area contributed by atoms with Crippen LogP contribution in [0.5, 0.6) is 0 Å². The number of hydrogen-bond acceptors (Lipinski definition) is 3. The van der Waals surface area contributed by atoms with E-state index >= 15 is 0 Å². The lowest BCUT2D eigenvalue weighted by atomic mass is 10.1. The molecule has 1 atom stereocenters. The second kappa shape index (κ2) is 6.13. The van der Waals surface area contributed by atoms with Crippen molar-refractivity contribution in [3.05, 3.63) is 42.5 Å². The van der Waals surface area contributed by atoms with Gasteiger partial charge >= 0.3 is 0 Å². The second-order valence-electron chi connectivity index (χ2n) is 5.51. The van der Waals surface area contributed by atoms with Gasteiger partial charge in [0.05, 0.1) is 4.90 Å². The molecule has 4 nitrogen and oxygen atoms in total. The van der Waals surface area contributed by atoms with Crippen LogP contribution in [0, 0.1) is 0 Å². The summed E-state index contributed by atoms with van der Waals surface area (Å²) >= 11 is 0. The average molecular weight is 304 g/mol. The van der Waals surface area contributed by atoms with E-state index in [9.17, 15) is 8.42 Å². The molecule has 0 aromatic heterocycles. The van der Waals surface area contributed by atoms with E-state index in [0.717, 1.165) is 30.2 Å². The molecular weight excluding hydrogens is 284 g/mol. The molecule has 2 aromatic carbocycles. The minimum atomic E-state index is -3.44. The predicted molar refractivity (Wildman–Crippen MR) is 84.8 cm³/mol. The molecule has 1 unspecified atom stereocenters. The van der Waals surface area contributed by atoms with Crippen LogP contribution in [0.4, 0.5) is 0 Å². The van der Waals surface area contributed by atoms with Crippen molar-refractivity contribution >= 4 is 20.8 Å². The number of piperidine rings is 1. The average Bonchev–Trinajstić information content (AvgIpc) is 2.53. The fraction of sp³-hybridized carbons (Fsp3) is 0.375. The molecule has 3 rings (SSSR count). The van der Waals surface area contributed by atoms with Crippen molar-refractivity contribution < 1.29 is 8.42 Å². The lowest BCUT2D eigenvalue weighted by molar-refractivity contribution is 0.398. The first-order valence-corrected chi connectivity index (χ1v) is 8.85. The number of fused-ring (bicyclic) bond motifs is 1. The van der Waals surface area contributed by atoms with Gasteiger partial charge in [-0.2, -0.15) is 0 Å². The van der Waals surface area contributed by atoms with Crippen molar-refractivity contribution in [1.82, 2.24) is 10.0 Å². The lowest BCUT2D eigenvalue weighted by Gasteiger charge is -2.23. The zero-order valence-electron chi connectivity index (χ0n) is 11.9. The normalized spacial score (nSPS) is 19.7. The maximum absolute atomic E-state index is 12.4. The molecule has 1 aliphatic heterocycles. The van der Waals surface area contributed by atoms with Crippen LogP contribution in [-0.4, -0.2) is 27.5 Å². The van der Waals surface area contributed by atoms with Crippen molar-refractivity contribution in [1.29, 1.82) is 0 Å². The van der Waals surface area contributed by atoms with Crippen molar-refractivity contribution in [2.75, 3.05) is 13.1 Å². The Kier molecular flexibility index (Phi) is 4.24. The molecule has 0 saturated carbocycles. The zero-order valence-corrected chi connectivity index (χ0v) is 12.7. The van der Waals surface area contributed by atoms with Crippen molar-refractivity contribution in [3.63, 3.8) is 0 Å². The van der Waals surface area contributed by atoms with E-state index in [1.165, 1.54) is 6.42 Å². The van der Waals surface area contributed by atoms with Gasteiger partial charge in [-0.05, 0) is 42.3 Å². The molecule has 0 spiro atoms. The van der Waals surface area contributed by atoms with Gasteiger partial charge in [-0.15, -0.1) is 0 Å². The third-order valence-electron chi connectivity index (χ3n) is 3.96. The number of rotatable bonds is 4. The van der Waals surface area contributed by atoms with E-state index < -0.39 is 10.0 Å². The van der Waals surface area contributed by atoms with Crippen LogP contribution in [-0.2, 0) is 10.0 Å². The van der Waals surface area contributed by atoms with Crippen LogP contribution in [0.1, 0.15) is 19.3 Å². The van der Waals surface area contributed by atoms with Crippen molar-refractivity contribution in [3.8, 4) is 0 Å². The fourth-order valence-electron chi connectivity index (χ4n) is 2.73. The largest absolute Gasteiger partial charge is 0.313 e. The van der Waals surface area contributed by atoms with Crippen LogP contribution >= 0.6 is 0 Å². The first-order chi connectivity index (χ1) is 10.1. The summed E-state index contributed by atoms with van der Waals surface area (Å²) in [5, 5.41) is 5.33. The molecule has 1 saturated heterocycles. The molecule has 0 aliphatic carbocycles.